The van der Waals surface area contributed by atoms with Crippen molar-refractivity contribution < 1.29 is 9.47 Å². The van der Waals surface area contributed by atoms with Gasteiger partial charge in [-0.15, -0.1) is 0 Å². The highest BCUT2D eigenvalue weighted by atomic mass is 35.5. The van der Waals surface area contributed by atoms with Gasteiger partial charge >= 0.3 is 0 Å². The van der Waals surface area contributed by atoms with Crippen LogP contribution in [0.1, 0.15) is 49.8 Å². The van der Waals surface area contributed by atoms with Crippen LogP contribution in [0.4, 0.5) is 5.82 Å². The number of hydrogen-bond donors (Lipinski definition) is 1. The van der Waals surface area contributed by atoms with E-state index in [0.29, 0.717) is 21.7 Å². The van der Waals surface area contributed by atoms with Gasteiger partial charge in [0.15, 0.2) is 5.79 Å². The monoisotopic (exact) mass is 567 g/mol. The summed E-state index contributed by atoms with van der Waals surface area (Å²) in [6.45, 7) is 7.27. The quantitative estimate of drug-likeness (QED) is 0.332. The summed E-state index contributed by atoms with van der Waals surface area (Å²) in [5.74, 6) is -0.273. The van der Waals surface area contributed by atoms with E-state index in [1.165, 1.54) is 30.6 Å². The predicted octanol–water partition coefficient (Wildman–Crippen LogP) is 5.18. The zero-order valence-corrected chi connectivity index (χ0v) is 23.7. The number of benzene rings is 1. The minimum Gasteiger partial charge on any atom is -0.383 e. The van der Waals surface area contributed by atoms with E-state index in [0.717, 1.165) is 18.5 Å². The number of ether oxygens (including phenoxy) is 2. The number of aromatic nitrogens is 5. The van der Waals surface area contributed by atoms with Crippen molar-refractivity contribution in [3.8, 4) is 11.3 Å². The molecule has 11 heteroatoms. The molecule has 5 heterocycles. The molecule has 1 saturated carbocycles. The van der Waals surface area contributed by atoms with Crippen molar-refractivity contribution in [3.63, 3.8) is 0 Å². The summed E-state index contributed by atoms with van der Waals surface area (Å²) in [7, 11) is 1.83. The van der Waals surface area contributed by atoms with E-state index < -0.39 is 5.79 Å². The standard InChI is InChI=1S/C28H31Cl2N7O2/c1-28(2)38-23-17(16-7-4-6-15(10-16)12-36-8-5-9-36)11-20(24(23)39-28)37-13-18(22-19(29)14-35(3)34-22)21-25(31)32-27(30)33-26(21)37/h4,6-7,10,13-14,17,20,23-24H,5,8-9,11-12H2,1-3H3,(H2,31,32,33)/t17-,20-,23-,24+/m1/s1. The lowest BCUT2D eigenvalue weighted by molar-refractivity contribution is -0.157. The average molecular weight is 569 g/mol. The first-order valence-electron chi connectivity index (χ1n) is 13.4. The summed E-state index contributed by atoms with van der Waals surface area (Å²) in [6, 6.07) is 8.84. The van der Waals surface area contributed by atoms with Crippen molar-refractivity contribution in [2.24, 2.45) is 7.05 Å². The molecule has 3 fully saturated rings. The Balaban J connectivity index is 1.33. The van der Waals surface area contributed by atoms with E-state index in [1.54, 1.807) is 10.9 Å². The molecular weight excluding hydrogens is 537 g/mol. The Bertz CT molecular complexity index is 1580. The van der Waals surface area contributed by atoms with E-state index >= 15 is 0 Å². The first-order chi connectivity index (χ1) is 18.7. The van der Waals surface area contributed by atoms with Gasteiger partial charge in [0.2, 0.25) is 5.28 Å². The number of halogens is 2. The van der Waals surface area contributed by atoms with Gasteiger partial charge in [-0.2, -0.15) is 10.1 Å². The van der Waals surface area contributed by atoms with Gasteiger partial charge in [-0.3, -0.25) is 9.58 Å². The van der Waals surface area contributed by atoms with Crippen molar-refractivity contribution in [2.45, 2.75) is 63.2 Å². The number of rotatable bonds is 5. The number of aryl methyl sites for hydroxylation is 1. The van der Waals surface area contributed by atoms with Crippen LogP contribution >= 0.6 is 23.2 Å². The zero-order valence-electron chi connectivity index (χ0n) is 22.1. The molecule has 2 aliphatic heterocycles. The van der Waals surface area contributed by atoms with Crippen molar-refractivity contribution in [1.82, 2.24) is 29.2 Å². The molecule has 204 valence electrons. The van der Waals surface area contributed by atoms with Gasteiger partial charge in [-0.05, 0) is 62.5 Å². The SMILES string of the molecule is Cn1cc(Cl)c(-c2cn([C@@H]3C[C@H](c4cccc(CN5CCC5)c4)[C@H]4OC(C)(C)O[C@H]43)c3nc(Cl)nc(N)c23)n1. The lowest BCUT2D eigenvalue weighted by atomic mass is 9.93. The summed E-state index contributed by atoms with van der Waals surface area (Å²) in [5, 5.41) is 5.89. The molecule has 0 amide bonds. The fourth-order valence-electron chi connectivity index (χ4n) is 6.49. The van der Waals surface area contributed by atoms with Crippen LogP contribution in [0.5, 0.6) is 0 Å². The number of fused-ring (bicyclic) bond motifs is 2. The highest BCUT2D eigenvalue weighted by Crippen LogP contribution is 2.52. The Morgan fingerprint density at radius 1 is 1.10 bits per heavy atom. The van der Waals surface area contributed by atoms with E-state index in [2.05, 4.69) is 48.8 Å². The molecule has 39 heavy (non-hydrogen) atoms. The molecule has 7 rings (SSSR count). The van der Waals surface area contributed by atoms with Crippen LogP contribution < -0.4 is 5.73 Å². The Hall–Kier alpha value is -2.69. The molecule has 0 radical (unpaired) electrons. The zero-order chi connectivity index (χ0) is 27.1. The summed E-state index contributed by atoms with van der Waals surface area (Å²) >= 11 is 12.9. The van der Waals surface area contributed by atoms with Gasteiger partial charge in [0.25, 0.3) is 0 Å². The molecule has 4 atom stereocenters. The maximum Gasteiger partial charge on any atom is 0.226 e. The van der Waals surface area contributed by atoms with Gasteiger partial charge in [0.1, 0.15) is 23.3 Å². The fourth-order valence-corrected chi connectivity index (χ4v) is 6.95. The molecule has 9 nitrogen and oxygen atoms in total. The molecule has 4 aromatic rings. The predicted molar refractivity (Wildman–Crippen MR) is 151 cm³/mol. The number of anilines is 1. The van der Waals surface area contributed by atoms with Gasteiger partial charge in [-0.25, -0.2) is 4.98 Å². The third-order valence-corrected chi connectivity index (χ3v) is 8.68. The molecule has 0 unspecified atom stereocenters. The van der Waals surface area contributed by atoms with Crippen LogP contribution in [-0.2, 0) is 23.1 Å². The Morgan fingerprint density at radius 3 is 2.62 bits per heavy atom. The largest absolute Gasteiger partial charge is 0.383 e. The van der Waals surface area contributed by atoms with E-state index in [9.17, 15) is 0 Å². The lowest BCUT2D eigenvalue weighted by Gasteiger charge is -2.31. The summed E-state index contributed by atoms with van der Waals surface area (Å²) in [6.07, 6.45) is 5.55. The number of nitrogens with zero attached hydrogens (tertiary/aromatic N) is 6. The first-order valence-corrected chi connectivity index (χ1v) is 14.1. The Morgan fingerprint density at radius 2 is 1.90 bits per heavy atom. The highest BCUT2D eigenvalue weighted by molar-refractivity contribution is 6.33. The van der Waals surface area contributed by atoms with Crippen molar-refractivity contribution in [3.05, 3.63) is 58.1 Å². The van der Waals surface area contributed by atoms with Crippen LogP contribution in [0.2, 0.25) is 10.3 Å². The first kappa shape index (κ1) is 25.3. The van der Waals surface area contributed by atoms with Gasteiger partial charge in [0, 0.05) is 37.5 Å². The minimum atomic E-state index is -0.705. The van der Waals surface area contributed by atoms with E-state index in [-0.39, 0.29) is 35.3 Å². The van der Waals surface area contributed by atoms with Gasteiger partial charge < -0.3 is 19.8 Å². The average Bonchev–Trinajstić information content (AvgIpc) is 3.56. The maximum atomic E-state index is 6.58. The second kappa shape index (κ2) is 9.17. The van der Waals surface area contributed by atoms with Crippen LogP contribution in [-0.4, -0.2) is 60.3 Å². The Kier molecular flexibility index (Phi) is 5.95. The highest BCUT2D eigenvalue weighted by Gasteiger charge is 2.55. The number of likely N-dealkylation sites (tertiary alicyclic amines) is 1. The summed E-state index contributed by atoms with van der Waals surface area (Å²) < 4.78 is 16.9. The molecule has 2 N–H and O–H groups in total. The topological polar surface area (TPSA) is 96.2 Å². The molecule has 1 aromatic carbocycles. The normalized spacial score (nSPS) is 26.3. The molecule has 1 aliphatic carbocycles. The molecule has 2 saturated heterocycles. The summed E-state index contributed by atoms with van der Waals surface area (Å²) in [4.78, 5) is 11.3. The maximum absolute atomic E-state index is 6.58. The number of hydrogen-bond acceptors (Lipinski definition) is 7. The second-order valence-electron chi connectivity index (χ2n) is 11.4. The molecule has 0 bridgehead atoms. The van der Waals surface area contributed by atoms with E-state index in [4.69, 9.17) is 38.4 Å². The fraction of sp³-hybridized carbons (Fsp3) is 0.464. The second-order valence-corrected chi connectivity index (χ2v) is 12.1. The number of nitrogens with two attached hydrogens (primary N) is 1. The van der Waals surface area contributed by atoms with Crippen LogP contribution in [0.3, 0.4) is 0 Å². The Labute approximate surface area is 236 Å². The van der Waals surface area contributed by atoms with E-state index in [1.807, 2.05) is 27.1 Å². The minimum absolute atomic E-state index is 0.0788. The van der Waals surface area contributed by atoms with Crippen LogP contribution in [0.15, 0.2) is 36.7 Å². The lowest BCUT2D eigenvalue weighted by Crippen LogP contribution is -2.36. The van der Waals surface area contributed by atoms with Gasteiger partial charge in [-0.1, -0.05) is 35.9 Å². The van der Waals surface area contributed by atoms with Crippen molar-refractivity contribution >= 4 is 40.1 Å². The molecular formula is C28H31Cl2N7O2. The van der Waals surface area contributed by atoms with Crippen LogP contribution in [0, 0.1) is 0 Å². The molecule has 3 aromatic heterocycles. The molecule has 0 spiro atoms. The van der Waals surface area contributed by atoms with Crippen LogP contribution in [0.25, 0.3) is 22.3 Å². The smallest absolute Gasteiger partial charge is 0.226 e. The van der Waals surface area contributed by atoms with Gasteiger partial charge in [0.05, 0.1) is 22.6 Å². The molecule has 3 aliphatic rings. The third kappa shape index (κ3) is 4.31. The summed E-state index contributed by atoms with van der Waals surface area (Å²) in [5.41, 5.74) is 11.0. The van der Waals surface area contributed by atoms with Crippen molar-refractivity contribution in [2.75, 3.05) is 18.8 Å². The third-order valence-electron chi connectivity index (χ3n) is 8.24. The van der Waals surface area contributed by atoms with Crippen molar-refractivity contribution in [1.29, 1.82) is 0 Å². The number of nitrogen functional groups attached to an aromatic ring is 1.